The summed E-state index contributed by atoms with van der Waals surface area (Å²) in [5, 5.41) is 2.61. The van der Waals surface area contributed by atoms with E-state index in [-0.39, 0.29) is 0 Å². The standard InChI is InChI=1S/C13H11NOS2/c15-10-14-11-6-8-13(9-7-11)17-16-12-4-2-1-3-5-12/h1-10H,(H,14,15). The number of carbonyl (C=O) groups excluding carboxylic acids is 1. The highest BCUT2D eigenvalue weighted by Crippen LogP contribution is 2.37. The van der Waals surface area contributed by atoms with E-state index in [1.54, 1.807) is 21.6 Å². The van der Waals surface area contributed by atoms with Gasteiger partial charge in [-0.3, -0.25) is 4.79 Å². The molecule has 0 aliphatic carbocycles. The molecule has 4 heteroatoms. The summed E-state index contributed by atoms with van der Waals surface area (Å²) in [6.45, 7) is 0. The summed E-state index contributed by atoms with van der Waals surface area (Å²) in [6.07, 6.45) is 0.681. The summed E-state index contributed by atoms with van der Waals surface area (Å²) >= 11 is 0. The maximum absolute atomic E-state index is 10.2. The van der Waals surface area contributed by atoms with E-state index in [9.17, 15) is 4.79 Å². The molecule has 0 bridgehead atoms. The quantitative estimate of drug-likeness (QED) is 0.650. The highest BCUT2D eigenvalue weighted by molar-refractivity contribution is 8.76. The number of benzene rings is 2. The van der Waals surface area contributed by atoms with Crippen molar-refractivity contribution in [1.82, 2.24) is 0 Å². The van der Waals surface area contributed by atoms with Crippen molar-refractivity contribution >= 4 is 33.7 Å². The Morgan fingerprint density at radius 2 is 1.41 bits per heavy atom. The average molecular weight is 261 g/mol. The van der Waals surface area contributed by atoms with Crippen molar-refractivity contribution in [3.8, 4) is 0 Å². The zero-order valence-corrected chi connectivity index (χ0v) is 10.6. The van der Waals surface area contributed by atoms with Crippen molar-refractivity contribution < 1.29 is 4.79 Å². The molecule has 0 saturated heterocycles. The van der Waals surface area contributed by atoms with Crippen molar-refractivity contribution in [2.45, 2.75) is 9.79 Å². The molecule has 2 aromatic rings. The number of nitrogens with one attached hydrogen (secondary N) is 1. The molecule has 2 aromatic carbocycles. The molecule has 0 aliphatic rings. The third-order valence-corrected chi connectivity index (χ3v) is 4.47. The SMILES string of the molecule is O=CNc1ccc(SSc2ccccc2)cc1. The second-order valence-electron chi connectivity index (χ2n) is 3.27. The first-order valence-electron chi connectivity index (χ1n) is 5.08. The topological polar surface area (TPSA) is 29.1 Å². The van der Waals surface area contributed by atoms with Gasteiger partial charge in [-0.15, -0.1) is 0 Å². The summed E-state index contributed by atoms with van der Waals surface area (Å²) in [6, 6.07) is 18.0. The molecule has 2 rings (SSSR count). The first-order valence-corrected chi connectivity index (χ1v) is 7.23. The predicted molar refractivity (Wildman–Crippen MR) is 74.3 cm³/mol. The molecule has 0 heterocycles. The predicted octanol–water partition coefficient (Wildman–Crippen LogP) is 4.05. The average Bonchev–Trinajstić information content (AvgIpc) is 2.40. The van der Waals surface area contributed by atoms with Crippen molar-refractivity contribution in [3.63, 3.8) is 0 Å². The van der Waals surface area contributed by atoms with Crippen LogP contribution in [0, 0.1) is 0 Å². The zero-order chi connectivity index (χ0) is 11.9. The summed E-state index contributed by atoms with van der Waals surface area (Å²) in [5.41, 5.74) is 0.814. The Labute approximate surface area is 108 Å². The fraction of sp³-hybridized carbons (Fsp3) is 0. The van der Waals surface area contributed by atoms with Gasteiger partial charge in [0.05, 0.1) is 0 Å². The molecule has 0 saturated carbocycles. The third-order valence-electron chi connectivity index (χ3n) is 2.06. The smallest absolute Gasteiger partial charge is 0.211 e. The van der Waals surface area contributed by atoms with Crippen LogP contribution in [0.2, 0.25) is 0 Å². The summed E-state index contributed by atoms with van der Waals surface area (Å²) in [4.78, 5) is 12.6. The van der Waals surface area contributed by atoms with E-state index in [2.05, 4.69) is 17.4 Å². The lowest BCUT2D eigenvalue weighted by Crippen LogP contribution is -1.92. The lowest BCUT2D eigenvalue weighted by molar-refractivity contribution is -0.105. The summed E-state index contributed by atoms with van der Waals surface area (Å²) < 4.78 is 0. The van der Waals surface area contributed by atoms with Gasteiger partial charge < -0.3 is 5.32 Å². The Morgan fingerprint density at radius 1 is 0.824 bits per heavy atom. The van der Waals surface area contributed by atoms with Gasteiger partial charge in [0.25, 0.3) is 0 Å². The van der Waals surface area contributed by atoms with Gasteiger partial charge in [-0.2, -0.15) is 0 Å². The van der Waals surface area contributed by atoms with E-state index in [0.29, 0.717) is 6.41 Å². The lowest BCUT2D eigenvalue weighted by atomic mass is 10.3. The fourth-order valence-corrected chi connectivity index (χ4v) is 3.20. The van der Waals surface area contributed by atoms with Crippen molar-refractivity contribution in [2.24, 2.45) is 0 Å². The Morgan fingerprint density at radius 3 is 2.00 bits per heavy atom. The first kappa shape index (κ1) is 12.1. The van der Waals surface area contributed by atoms with Crippen LogP contribution in [0.5, 0.6) is 0 Å². The normalized spacial score (nSPS) is 9.88. The van der Waals surface area contributed by atoms with Crippen LogP contribution in [0.3, 0.4) is 0 Å². The van der Waals surface area contributed by atoms with Gasteiger partial charge in [-0.25, -0.2) is 0 Å². The van der Waals surface area contributed by atoms with Gasteiger partial charge in [0.2, 0.25) is 6.41 Å². The number of rotatable bonds is 5. The molecule has 2 nitrogen and oxygen atoms in total. The second kappa shape index (κ2) is 6.37. The molecule has 0 radical (unpaired) electrons. The van der Waals surface area contributed by atoms with Gasteiger partial charge in [-0.05, 0) is 36.4 Å². The summed E-state index contributed by atoms with van der Waals surface area (Å²) in [7, 11) is 3.42. The molecule has 0 fully saturated rings. The first-order chi connectivity index (χ1) is 8.38. The Hall–Kier alpha value is -1.39. The molecule has 0 atom stereocenters. The van der Waals surface area contributed by atoms with E-state index < -0.39 is 0 Å². The molecule has 1 amide bonds. The minimum absolute atomic E-state index is 0.681. The van der Waals surface area contributed by atoms with E-state index in [1.807, 2.05) is 42.5 Å². The number of anilines is 1. The number of hydrogen-bond donors (Lipinski definition) is 1. The zero-order valence-electron chi connectivity index (χ0n) is 9.00. The molecular weight excluding hydrogens is 250 g/mol. The van der Waals surface area contributed by atoms with Crippen molar-refractivity contribution in [3.05, 3.63) is 54.6 Å². The number of amides is 1. The molecule has 0 unspecified atom stereocenters. The molecule has 0 aromatic heterocycles. The van der Waals surface area contributed by atoms with Crippen LogP contribution in [-0.4, -0.2) is 6.41 Å². The minimum Gasteiger partial charge on any atom is -0.329 e. The van der Waals surface area contributed by atoms with Crippen LogP contribution in [0.25, 0.3) is 0 Å². The number of hydrogen-bond acceptors (Lipinski definition) is 3. The van der Waals surface area contributed by atoms with Crippen molar-refractivity contribution in [1.29, 1.82) is 0 Å². The van der Waals surface area contributed by atoms with Crippen molar-refractivity contribution in [2.75, 3.05) is 5.32 Å². The Bertz CT molecular complexity index is 471. The largest absolute Gasteiger partial charge is 0.329 e. The molecule has 17 heavy (non-hydrogen) atoms. The maximum atomic E-state index is 10.2. The monoisotopic (exact) mass is 261 g/mol. The highest BCUT2D eigenvalue weighted by atomic mass is 33.1. The Balaban J connectivity index is 1.93. The van der Waals surface area contributed by atoms with Crippen LogP contribution in [0.1, 0.15) is 0 Å². The van der Waals surface area contributed by atoms with Gasteiger partial charge in [0.1, 0.15) is 0 Å². The van der Waals surface area contributed by atoms with Gasteiger partial charge in [0.15, 0.2) is 0 Å². The van der Waals surface area contributed by atoms with Gasteiger partial charge in [0, 0.05) is 15.5 Å². The molecule has 0 aliphatic heterocycles. The van der Waals surface area contributed by atoms with Crippen LogP contribution in [0.15, 0.2) is 64.4 Å². The van der Waals surface area contributed by atoms with Crippen LogP contribution < -0.4 is 5.32 Å². The van der Waals surface area contributed by atoms with E-state index >= 15 is 0 Å². The van der Waals surface area contributed by atoms with E-state index in [4.69, 9.17) is 0 Å². The van der Waals surface area contributed by atoms with E-state index in [1.165, 1.54) is 4.90 Å². The summed E-state index contributed by atoms with van der Waals surface area (Å²) in [5.74, 6) is 0. The van der Waals surface area contributed by atoms with Crippen LogP contribution in [-0.2, 0) is 4.79 Å². The molecular formula is C13H11NOS2. The van der Waals surface area contributed by atoms with E-state index in [0.717, 1.165) is 10.6 Å². The maximum Gasteiger partial charge on any atom is 0.211 e. The number of carbonyl (C=O) groups is 1. The molecule has 0 spiro atoms. The minimum atomic E-state index is 0.681. The van der Waals surface area contributed by atoms with Crippen LogP contribution in [0.4, 0.5) is 5.69 Å². The van der Waals surface area contributed by atoms with Gasteiger partial charge in [-0.1, -0.05) is 39.8 Å². The van der Waals surface area contributed by atoms with Gasteiger partial charge >= 0.3 is 0 Å². The fourth-order valence-electron chi connectivity index (χ4n) is 1.25. The highest BCUT2D eigenvalue weighted by Gasteiger charge is 1.97. The third kappa shape index (κ3) is 3.84. The lowest BCUT2D eigenvalue weighted by Gasteiger charge is -2.02. The second-order valence-corrected chi connectivity index (χ2v) is 5.54. The Kier molecular flexibility index (Phi) is 4.53. The molecule has 1 N–H and O–H groups in total. The molecule has 86 valence electrons. The van der Waals surface area contributed by atoms with Crippen LogP contribution >= 0.6 is 21.6 Å².